The monoisotopic (exact) mass is 173 g/mol. The van der Waals surface area contributed by atoms with Crippen LogP contribution in [0, 0.1) is 0 Å². The molecule has 68 valence electrons. The maximum Gasteiger partial charge on any atom is 0.0650 e. The first kappa shape index (κ1) is 5.19. The predicted molar refractivity (Wildman–Crippen MR) is 44.6 cm³/mol. The van der Waals surface area contributed by atoms with Gasteiger partial charge in [0.15, 0.2) is 0 Å². The zero-order valence-electron chi connectivity index (χ0n) is 9.71. The summed E-state index contributed by atoms with van der Waals surface area (Å²) >= 11 is 0. The fourth-order valence-electron chi connectivity index (χ4n) is 1.84. The van der Waals surface area contributed by atoms with Crippen LogP contribution in [-0.4, -0.2) is 35.7 Å². The van der Waals surface area contributed by atoms with E-state index in [2.05, 4.69) is 10.5 Å². The molecule has 2 atom stereocenters. The van der Waals surface area contributed by atoms with E-state index in [4.69, 9.17) is 14.1 Å². The summed E-state index contributed by atoms with van der Waals surface area (Å²) in [5.41, 5.74) is -0.534. The quantitative estimate of drug-likeness (QED) is 0.411. The van der Waals surface area contributed by atoms with Crippen LogP contribution in [0.5, 0.6) is 0 Å². The largest absolute Gasteiger partial charge is 0.411 e. The normalized spacial score (nSPS) is 49.5. The summed E-state index contributed by atoms with van der Waals surface area (Å²) in [6.45, 7) is -1.54. The molecular formula is C8H14N2O2. The Labute approximate surface area is 75.8 Å². The third-order valence-electron chi connectivity index (χ3n) is 2.28. The van der Waals surface area contributed by atoms with Gasteiger partial charge >= 0.3 is 0 Å². The Morgan fingerprint density at radius 2 is 2.83 bits per heavy atom. The highest BCUT2D eigenvalue weighted by molar-refractivity contribution is 5.86. The number of hydrogen-bond acceptors (Lipinski definition) is 4. The van der Waals surface area contributed by atoms with Crippen molar-refractivity contribution in [3.05, 3.63) is 0 Å². The second-order valence-corrected chi connectivity index (χ2v) is 3.49. The highest BCUT2D eigenvalue weighted by Gasteiger charge is 2.38. The highest BCUT2D eigenvalue weighted by Crippen LogP contribution is 2.24. The number of fused-ring (bicyclic) bond motifs is 2. The summed E-state index contributed by atoms with van der Waals surface area (Å²) in [5, 5.41) is 15.0. The van der Waals surface area contributed by atoms with Crippen LogP contribution < -0.4 is 5.32 Å². The number of oxime groups is 1. The van der Waals surface area contributed by atoms with E-state index < -0.39 is 12.4 Å². The Morgan fingerprint density at radius 1 is 1.92 bits per heavy atom. The smallest absolute Gasteiger partial charge is 0.0650 e. The van der Waals surface area contributed by atoms with Gasteiger partial charge in [-0.25, -0.2) is 0 Å². The van der Waals surface area contributed by atoms with Crippen molar-refractivity contribution in [3.8, 4) is 0 Å². The van der Waals surface area contributed by atoms with Crippen LogP contribution in [0.2, 0.25) is 0 Å². The molecule has 2 fully saturated rings. The van der Waals surface area contributed by atoms with Gasteiger partial charge in [0.05, 0.1) is 18.9 Å². The summed E-state index contributed by atoms with van der Waals surface area (Å²) in [7, 11) is 0. The van der Waals surface area contributed by atoms with Crippen molar-refractivity contribution in [1.29, 1.82) is 0 Å². The Balaban J connectivity index is 2.29. The number of ether oxygens (including phenoxy) is 1. The highest BCUT2D eigenvalue weighted by atomic mass is 16.5. The van der Waals surface area contributed by atoms with E-state index in [0.717, 1.165) is 0 Å². The van der Waals surface area contributed by atoms with E-state index in [0.29, 0.717) is 18.7 Å². The molecule has 0 aromatic heterocycles. The molecule has 0 aromatic rings. The van der Waals surface area contributed by atoms with E-state index in [9.17, 15) is 0 Å². The van der Waals surface area contributed by atoms with E-state index in [1.165, 1.54) is 0 Å². The van der Waals surface area contributed by atoms with Gasteiger partial charge in [0.1, 0.15) is 0 Å². The number of morpholine rings is 1. The van der Waals surface area contributed by atoms with Gasteiger partial charge in [0.25, 0.3) is 0 Å². The summed E-state index contributed by atoms with van der Waals surface area (Å²) in [5.74, 6) is 0. The molecule has 2 rings (SSSR count). The van der Waals surface area contributed by atoms with Crippen LogP contribution in [0.3, 0.4) is 0 Å². The maximum absolute atomic E-state index is 8.76. The molecule has 2 aliphatic rings. The first-order valence-corrected chi connectivity index (χ1v) is 4.02. The lowest BCUT2D eigenvalue weighted by Crippen LogP contribution is -2.62. The summed E-state index contributed by atoms with van der Waals surface area (Å²) in [6, 6.07) is -0.0566. The van der Waals surface area contributed by atoms with Gasteiger partial charge < -0.3 is 15.3 Å². The molecule has 0 spiro atoms. The summed E-state index contributed by atoms with van der Waals surface area (Å²) in [4.78, 5) is 0. The molecule has 0 aliphatic carbocycles. The molecule has 2 N–H and O–H groups in total. The van der Waals surface area contributed by atoms with Gasteiger partial charge in [-0.3, -0.25) is 0 Å². The summed E-state index contributed by atoms with van der Waals surface area (Å²) < 4.78 is 27.9. The van der Waals surface area contributed by atoms with E-state index in [1.807, 2.05) is 0 Å². The van der Waals surface area contributed by atoms with Crippen molar-refractivity contribution in [2.45, 2.75) is 31.3 Å². The zero-order valence-corrected chi connectivity index (χ0v) is 6.71. The number of rotatable bonds is 0. The minimum absolute atomic E-state index is 0.0566. The van der Waals surface area contributed by atoms with Crippen molar-refractivity contribution in [1.82, 2.24) is 5.32 Å². The van der Waals surface area contributed by atoms with Crippen molar-refractivity contribution >= 4 is 5.71 Å². The van der Waals surface area contributed by atoms with Gasteiger partial charge in [0, 0.05) is 28.5 Å². The van der Waals surface area contributed by atoms with Crippen LogP contribution in [0.4, 0.5) is 0 Å². The number of nitrogens with one attached hydrogen (secondary N) is 1. The maximum atomic E-state index is 8.76. The first-order chi connectivity index (χ1) is 6.97. The molecule has 0 aromatic carbocycles. The van der Waals surface area contributed by atoms with E-state index >= 15 is 0 Å². The fourth-order valence-corrected chi connectivity index (χ4v) is 1.84. The first-order valence-electron chi connectivity index (χ1n) is 5.52. The Bertz CT molecular complexity index is 292. The molecule has 12 heavy (non-hydrogen) atoms. The molecule has 4 heteroatoms. The van der Waals surface area contributed by atoms with Crippen molar-refractivity contribution in [2.24, 2.45) is 5.16 Å². The standard InChI is InChI=1S/C8H14N2O2/c1-8-3-6(10-11)2-7(9-8)4-12-5-8/h7,9,11H,2-5H2,1H3/i1D3. The fraction of sp³-hybridized carbons (Fsp3) is 0.875. The second-order valence-electron chi connectivity index (χ2n) is 3.49. The molecule has 2 aliphatic heterocycles. The van der Waals surface area contributed by atoms with Gasteiger partial charge in [-0.1, -0.05) is 5.16 Å². The van der Waals surface area contributed by atoms with Crippen LogP contribution >= 0.6 is 0 Å². The van der Waals surface area contributed by atoms with Crippen LogP contribution in [-0.2, 0) is 4.74 Å². The van der Waals surface area contributed by atoms with Crippen molar-refractivity contribution < 1.29 is 14.1 Å². The Kier molecular flexibility index (Phi) is 1.17. The SMILES string of the molecule is [2H]C([2H])([2H])C12COCC(CC(=NO)C1)N2. The molecule has 0 amide bonds. The third kappa shape index (κ3) is 1.32. The average molecular weight is 173 g/mol. The molecule has 2 bridgehead atoms. The minimum atomic E-state index is -2.15. The molecule has 0 saturated carbocycles. The summed E-state index contributed by atoms with van der Waals surface area (Å²) in [6.07, 6.45) is 0.769. The number of nitrogens with zero attached hydrogens (tertiary/aromatic N) is 1. The lowest BCUT2D eigenvalue weighted by Gasteiger charge is -2.43. The van der Waals surface area contributed by atoms with Crippen molar-refractivity contribution in [2.75, 3.05) is 13.2 Å². The lowest BCUT2D eigenvalue weighted by molar-refractivity contribution is 0.00208. The number of piperidine rings is 1. The average Bonchev–Trinajstić information content (AvgIpc) is 2.15. The predicted octanol–water partition coefficient (Wildman–Crippen LogP) is 0.358. The number of hydrogen-bond donors (Lipinski definition) is 2. The van der Waals surface area contributed by atoms with Crippen LogP contribution in [0.1, 0.15) is 23.8 Å². The molecule has 4 nitrogen and oxygen atoms in total. The van der Waals surface area contributed by atoms with Gasteiger partial charge in [0.2, 0.25) is 0 Å². The van der Waals surface area contributed by atoms with Crippen LogP contribution in [0.15, 0.2) is 5.16 Å². The van der Waals surface area contributed by atoms with Crippen LogP contribution in [0.25, 0.3) is 0 Å². The second kappa shape index (κ2) is 2.71. The van der Waals surface area contributed by atoms with E-state index in [1.54, 1.807) is 0 Å². The van der Waals surface area contributed by atoms with Crippen molar-refractivity contribution in [3.63, 3.8) is 0 Å². The topological polar surface area (TPSA) is 53.9 Å². The third-order valence-corrected chi connectivity index (χ3v) is 2.28. The minimum Gasteiger partial charge on any atom is -0.411 e. The molecule has 2 heterocycles. The van der Waals surface area contributed by atoms with Gasteiger partial charge in [-0.2, -0.15) is 0 Å². The zero-order chi connectivity index (χ0) is 11.1. The Hall–Kier alpha value is -0.610. The molecule has 2 unspecified atom stereocenters. The molecular weight excluding hydrogens is 156 g/mol. The molecule has 2 saturated heterocycles. The Morgan fingerprint density at radius 3 is 3.58 bits per heavy atom. The van der Waals surface area contributed by atoms with E-state index in [-0.39, 0.29) is 19.1 Å². The molecule has 0 radical (unpaired) electrons. The van der Waals surface area contributed by atoms with Gasteiger partial charge in [-0.15, -0.1) is 0 Å². The lowest BCUT2D eigenvalue weighted by atomic mass is 9.85. The van der Waals surface area contributed by atoms with Gasteiger partial charge in [-0.05, 0) is 6.85 Å².